The third-order valence-electron chi connectivity index (χ3n) is 7.39. The van der Waals surface area contributed by atoms with Crippen LogP contribution in [0.5, 0.6) is 11.5 Å². The van der Waals surface area contributed by atoms with Crippen LogP contribution in [0.1, 0.15) is 22.9 Å². The van der Waals surface area contributed by atoms with Crippen molar-refractivity contribution in [2.24, 2.45) is 5.18 Å². The van der Waals surface area contributed by atoms with Crippen molar-refractivity contribution in [3.05, 3.63) is 82.5 Å². The Morgan fingerprint density at radius 3 is 2.68 bits per heavy atom. The van der Waals surface area contributed by atoms with E-state index in [-0.39, 0.29) is 30.8 Å². The highest BCUT2D eigenvalue weighted by Crippen LogP contribution is 2.47. The molecule has 3 aliphatic heterocycles. The van der Waals surface area contributed by atoms with E-state index >= 15 is 0 Å². The number of hydrogen-bond acceptors (Lipinski definition) is 7. The number of aromatic nitrogens is 2. The summed E-state index contributed by atoms with van der Waals surface area (Å²) in [6, 6.07) is 15.7. The number of benzene rings is 2. The zero-order valence-electron chi connectivity index (χ0n) is 19.8. The zero-order valence-corrected chi connectivity index (χ0v) is 19.8. The monoisotopic (exact) mass is 495 g/mol. The number of piperazine rings is 1. The minimum Gasteiger partial charge on any atom is -0.454 e. The smallest absolute Gasteiger partial charge is 0.245 e. The van der Waals surface area contributed by atoms with Crippen LogP contribution < -0.4 is 9.47 Å². The molecular weight excluding hydrogens is 474 g/mol. The number of nitroso groups, excluding NO2 is 1. The molecule has 3 aliphatic rings. The predicted octanol–water partition coefficient (Wildman–Crippen LogP) is 3.47. The lowest BCUT2D eigenvalue weighted by molar-refractivity contribution is -0.157. The van der Waals surface area contributed by atoms with Crippen LogP contribution in [0, 0.1) is 4.91 Å². The van der Waals surface area contributed by atoms with Gasteiger partial charge >= 0.3 is 0 Å². The molecule has 2 atom stereocenters. The average Bonchev–Trinajstić information content (AvgIpc) is 3.53. The first-order valence-corrected chi connectivity index (χ1v) is 11.9. The molecule has 1 fully saturated rings. The molecular formula is C27H21N5O5. The van der Waals surface area contributed by atoms with Crippen molar-refractivity contribution in [1.29, 1.82) is 0 Å². The lowest BCUT2D eigenvalue weighted by Gasteiger charge is -2.46. The number of carbonyl (C=O) groups excluding carboxylic acids is 2. The molecule has 2 aromatic heterocycles. The van der Waals surface area contributed by atoms with Crippen LogP contribution in [0.25, 0.3) is 16.7 Å². The molecule has 10 heteroatoms. The maximum absolute atomic E-state index is 13.6. The van der Waals surface area contributed by atoms with Crippen LogP contribution in [-0.4, -0.2) is 57.6 Å². The third-order valence-corrected chi connectivity index (χ3v) is 7.39. The van der Waals surface area contributed by atoms with E-state index in [0.717, 1.165) is 27.7 Å². The van der Waals surface area contributed by atoms with Crippen molar-refractivity contribution in [3.8, 4) is 17.3 Å². The predicted molar refractivity (Wildman–Crippen MR) is 133 cm³/mol. The molecule has 0 spiro atoms. The molecule has 37 heavy (non-hydrogen) atoms. The lowest BCUT2D eigenvalue weighted by Crippen LogP contribution is -2.62. The number of nitrogens with zero attached hydrogens (tertiary/aromatic N) is 5. The topological polar surface area (TPSA) is 106 Å². The largest absolute Gasteiger partial charge is 0.454 e. The Kier molecular flexibility index (Phi) is 4.59. The molecule has 184 valence electrons. The van der Waals surface area contributed by atoms with Gasteiger partial charge in [-0.1, -0.05) is 24.3 Å². The Bertz CT molecular complexity index is 1610. The molecule has 0 bridgehead atoms. The molecule has 10 nitrogen and oxygen atoms in total. The van der Waals surface area contributed by atoms with Gasteiger partial charge < -0.3 is 19.3 Å². The quantitative estimate of drug-likeness (QED) is 0.403. The molecule has 0 aliphatic carbocycles. The van der Waals surface area contributed by atoms with E-state index < -0.39 is 12.1 Å². The molecule has 4 aromatic rings. The summed E-state index contributed by atoms with van der Waals surface area (Å²) in [7, 11) is 1.67. The molecule has 0 unspecified atom stereocenters. The second-order valence-corrected chi connectivity index (χ2v) is 9.41. The first-order valence-electron chi connectivity index (χ1n) is 11.9. The van der Waals surface area contributed by atoms with Crippen molar-refractivity contribution in [2.45, 2.75) is 18.5 Å². The van der Waals surface area contributed by atoms with Crippen LogP contribution in [0.4, 0.5) is 5.69 Å². The summed E-state index contributed by atoms with van der Waals surface area (Å²) in [4.78, 5) is 45.7. The molecule has 7 rings (SSSR count). The number of likely N-dealkylation sites (N-methyl/N-ethyl adjacent to an activating group) is 1. The van der Waals surface area contributed by atoms with Crippen LogP contribution in [0.15, 0.2) is 66.0 Å². The maximum Gasteiger partial charge on any atom is 0.245 e. The van der Waals surface area contributed by atoms with E-state index in [2.05, 4.69) is 10.2 Å². The molecule has 2 aromatic carbocycles. The summed E-state index contributed by atoms with van der Waals surface area (Å²) >= 11 is 0. The Morgan fingerprint density at radius 1 is 1.03 bits per heavy atom. The van der Waals surface area contributed by atoms with Crippen molar-refractivity contribution >= 4 is 28.4 Å². The van der Waals surface area contributed by atoms with Gasteiger partial charge in [-0.15, -0.1) is 4.91 Å². The van der Waals surface area contributed by atoms with E-state index in [1.807, 2.05) is 47.0 Å². The van der Waals surface area contributed by atoms with E-state index in [0.29, 0.717) is 23.7 Å². The molecule has 0 N–H and O–H groups in total. The second-order valence-electron chi connectivity index (χ2n) is 9.41. The summed E-state index contributed by atoms with van der Waals surface area (Å²) in [5.41, 5.74) is 3.75. The number of pyridine rings is 1. The second kappa shape index (κ2) is 7.89. The van der Waals surface area contributed by atoms with E-state index in [1.54, 1.807) is 24.1 Å². The Morgan fingerprint density at radius 2 is 1.86 bits per heavy atom. The van der Waals surface area contributed by atoms with E-state index in [9.17, 15) is 14.5 Å². The summed E-state index contributed by atoms with van der Waals surface area (Å²) in [6.45, 7) is 0.133. The third kappa shape index (κ3) is 3.08. The van der Waals surface area contributed by atoms with Crippen LogP contribution in [-0.2, 0) is 16.0 Å². The summed E-state index contributed by atoms with van der Waals surface area (Å²) in [5.74, 6) is 1.59. The minimum absolute atomic E-state index is 0.00387. The van der Waals surface area contributed by atoms with Gasteiger partial charge in [0.05, 0.1) is 30.0 Å². The van der Waals surface area contributed by atoms with Gasteiger partial charge in [0, 0.05) is 18.9 Å². The van der Waals surface area contributed by atoms with Gasteiger partial charge in [-0.2, -0.15) is 0 Å². The van der Waals surface area contributed by atoms with Crippen molar-refractivity contribution in [1.82, 2.24) is 19.4 Å². The normalized spacial score (nSPS) is 20.2. The highest BCUT2D eigenvalue weighted by atomic mass is 16.7. The SMILES string of the molecule is CN1CC(=O)N2[C@H](c3ccc4c(c3)OCO4)c3c(c4ccccc4n3-c3ccc(N=O)cn3)C[C@@H]2C1=O. The summed E-state index contributed by atoms with van der Waals surface area (Å²) in [5, 5.41) is 3.96. The molecule has 2 amide bonds. The van der Waals surface area contributed by atoms with Gasteiger partial charge in [-0.3, -0.25) is 14.2 Å². The fourth-order valence-electron chi connectivity index (χ4n) is 5.79. The molecule has 5 heterocycles. The number of amides is 2. The lowest BCUT2D eigenvalue weighted by atomic mass is 9.86. The number of ether oxygens (including phenoxy) is 2. The standard InChI is InChI=1S/C27H21N5O5/c1-30-13-24(33)32-20(27(30)34)11-18-17-4-2-3-5-19(17)31(23-9-7-16(29-35)12-28-23)26(18)25(32)15-6-8-21-22(10-15)37-14-36-21/h2-10,12,20,25H,11,13-14H2,1H3/t20-,25-/m1/s1. The Labute approximate surface area is 211 Å². The van der Waals surface area contributed by atoms with E-state index in [4.69, 9.17) is 9.47 Å². The van der Waals surface area contributed by atoms with Crippen molar-refractivity contribution in [2.75, 3.05) is 20.4 Å². The van der Waals surface area contributed by atoms with Crippen LogP contribution in [0.2, 0.25) is 0 Å². The molecule has 0 radical (unpaired) electrons. The van der Waals surface area contributed by atoms with E-state index in [1.165, 1.54) is 11.1 Å². The van der Waals surface area contributed by atoms with Gasteiger partial charge in [-0.05, 0) is 46.6 Å². The highest BCUT2D eigenvalue weighted by molar-refractivity contribution is 5.98. The Balaban J connectivity index is 1.54. The molecule has 1 saturated heterocycles. The van der Waals surface area contributed by atoms with Gasteiger partial charge in [0.1, 0.15) is 17.5 Å². The van der Waals surface area contributed by atoms with Crippen LogP contribution in [0.3, 0.4) is 0 Å². The number of rotatable bonds is 3. The average molecular weight is 495 g/mol. The highest BCUT2D eigenvalue weighted by Gasteiger charge is 2.48. The summed E-state index contributed by atoms with van der Waals surface area (Å²) < 4.78 is 13.2. The first-order chi connectivity index (χ1) is 18.0. The van der Waals surface area contributed by atoms with Gasteiger partial charge in [-0.25, -0.2) is 4.98 Å². The number of carbonyl (C=O) groups is 2. The van der Waals surface area contributed by atoms with Gasteiger partial charge in [0.2, 0.25) is 18.6 Å². The number of fused-ring (bicyclic) bond motifs is 5. The first kappa shape index (κ1) is 21.5. The zero-order chi connectivity index (χ0) is 25.3. The Hall–Kier alpha value is -4.73. The van der Waals surface area contributed by atoms with Crippen molar-refractivity contribution in [3.63, 3.8) is 0 Å². The van der Waals surface area contributed by atoms with Gasteiger partial charge in [0.25, 0.3) is 0 Å². The molecule has 0 saturated carbocycles. The van der Waals surface area contributed by atoms with Crippen LogP contribution >= 0.6 is 0 Å². The fraction of sp³-hybridized carbons (Fsp3) is 0.222. The van der Waals surface area contributed by atoms with Gasteiger partial charge in [0.15, 0.2) is 11.5 Å². The minimum atomic E-state index is -0.636. The maximum atomic E-state index is 13.6. The summed E-state index contributed by atoms with van der Waals surface area (Å²) in [6.07, 6.45) is 1.81. The fourth-order valence-corrected chi connectivity index (χ4v) is 5.79. The number of hydrogen-bond donors (Lipinski definition) is 0. The van der Waals surface area contributed by atoms with Crippen molar-refractivity contribution < 1.29 is 19.1 Å². The number of para-hydroxylation sites is 1.